The van der Waals surface area contributed by atoms with Crippen molar-refractivity contribution in [3.05, 3.63) is 28.7 Å². The molecule has 110 valence electrons. The van der Waals surface area contributed by atoms with Crippen molar-refractivity contribution in [1.29, 1.82) is 0 Å². The molecular formula is C13H16BrNO4S. The molecule has 2 rings (SSSR count). The molecule has 2 N–H and O–H groups in total. The summed E-state index contributed by atoms with van der Waals surface area (Å²) in [5.41, 5.74) is -0.872. The average molecular weight is 362 g/mol. The Morgan fingerprint density at radius 2 is 2.10 bits per heavy atom. The van der Waals surface area contributed by atoms with Gasteiger partial charge in [0.1, 0.15) is 0 Å². The molecule has 0 aliphatic heterocycles. The Morgan fingerprint density at radius 1 is 1.45 bits per heavy atom. The first-order valence-corrected chi connectivity index (χ1v) is 8.97. The Bertz CT molecular complexity index is 631. The second kappa shape index (κ2) is 5.37. The minimum atomic E-state index is -3.45. The van der Waals surface area contributed by atoms with Gasteiger partial charge in [-0.2, -0.15) is 0 Å². The van der Waals surface area contributed by atoms with Crippen molar-refractivity contribution < 1.29 is 18.3 Å². The summed E-state index contributed by atoms with van der Waals surface area (Å²) >= 11 is 3.34. The number of para-hydroxylation sites is 1. The van der Waals surface area contributed by atoms with Crippen LogP contribution in [0.3, 0.4) is 0 Å². The molecule has 2 atom stereocenters. The van der Waals surface area contributed by atoms with Crippen LogP contribution in [0.15, 0.2) is 28.7 Å². The monoisotopic (exact) mass is 361 g/mol. The Hall–Kier alpha value is -1.08. The third-order valence-corrected chi connectivity index (χ3v) is 6.08. The molecule has 1 aromatic rings. The molecule has 0 bridgehead atoms. The minimum Gasteiger partial charge on any atom is -0.479 e. The molecule has 7 heteroatoms. The maximum absolute atomic E-state index is 11.9. The van der Waals surface area contributed by atoms with Crippen molar-refractivity contribution in [2.45, 2.75) is 30.1 Å². The van der Waals surface area contributed by atoms with E-state index in [9.17, 15) is 18.3 Å². The number of halogens is 1. The van der Waals surface area contributed by atoms with E-state index in [4.69, 9.17) is 0 Å². The second-order valence-electron chi connectivity index (χ2n) is 5.09. The van der Waals surface area contributed by atoms with Crippen molar-refractivity contribution in [2.75, 3.05) is 11.6 Å². The van der Waals surface area contributed by atoms with E-state index in [0.29, 0.717) is 29.4 Å². The Labute approximate surface area is 126 Å². The number of aliphatic carboxylic acids is 1. The van der Waals surface area contributed by atoms with Gasteiger partial charge < -0.3 is 10.4 Å². The zero-order valence-corrected chi connectivity index (χ0v) is 13.4. The fourth-order valence-corrected chi connectivity index (χ4v) is 4.78. The van der Waals surface area contributed by atoms with Crippen LogP contribution < -0.4 is 5.32 Å². The highest BCUT2D eigenvalue weighted by atomic mass is 79.9. The number of rotatable bonds is 4. The Morgan fingerprint density at radius 3 is 2.65 bits per heavy atom. The van der Waals surface area contributed by atoms with E-state index in [1.165, 1.54) is 0 Å². The van der Waals surface area contributed by atoms with Crippen LogP contribution in [-0.4, -0.2) is 36.5 Å². The standard InChI is InChI=1S/C13H16BrNO4S/c1-20(18,19)11-7-4-8-13(11,12(16)17)15-10-6-3-2-5-9(10)14/h2-3,5-6,11,15H,4,7-8H2,1H3,(H,16,17). The van der Waals surface area contributed by atoms with E-state index in [1.807, 2.05) is 6.07 Å². The number of carboxylic acid groups (broad SMARTS) is 1. The van der Waals surface area contributed by atoms with Crippen molar-refractivity contribution in [1.82, 2.24) is 0 Å². The number of sulfone groups is 1. The smallest absolute Gasteiger partial charge is 0.330 e. The van der Waals surface area contributed by atoms with Gasteiger partial charge in [-0.05, 0) is 47.3 Å². The second-order valence-corrected chi connectivity index (χ2v) is 8.17. The molecule has 1 aliphatic rings. The molecule has 20 heavy (non-hydrogen) atoms. The molecule has 0 amide bonds. The third kappa shape index (κ3) is 2.69. The molecule has 5 nitrogen and oxygen atoms in total. The topological polar surface area (TPSA) is 83.5 Å². The lowest BCUT2D eigenvalue weighted by atomic mass is 9.96. The van der Waals surface area contributed by atoms with Crippen LogP contribution in [0.2, 0.25) is 0 Å². The van der Waals surface area contributed by atoms with Crippen molar-refractivity contribution >= 4 is 37.4 Å². The van der Waals surface area contributed by atoms with E-state index in [0.717, 1.165) is 6.26 Å². The summed E-state index contributed by atoms with van der Waals surface area (Å²) in [6.45, 7) is 0. The van der Waals surface area contributed by atoms with Gasteiger partial charge in [0.05, 0.1) is 5.25 Å². The summed E-state index contributed by atoms with van der Waals surface area (Å²) in [6, 6.07) is 7.09. The maximum Gasteiger partial charge on any atom is 0.330 e. The molecule has 0 aromatic heterocycles. The minimum absolute atomic E-state index is 0.293. The Balaban J connectivity index is 2.46. The van der Waals surface area contributed by atoms with Crippen LogP contribution in [0.25, 0.3) is 0 Å². The van der Waals surface area contributed by atoms with Gasteiger partial charge in [0.2, 0.25) is 0 Å². The van der Waals surface area contributed by atoms with Crippen LogP contribution in [-0.2, 0) is 14.6 Å². The molecule has 0 spiro atoms. The van der Waals surface area contributed by atoms with E-state index in [-0.39, 0.29) is 0 Å². The fourth-order valence-electron chi connectivity index (χ4n) is 2.80. The summed E-state index contributed by atoms with van der Waals surface area (Å²) in [6.07, 6.45) is 2.33. The lowest BCUT2D eigenvalue weighted by Gasteiger charge is -2.32. The predicted molar refractivity (Wildman–Crippen MR) is 80.6 cm³/mol. The first-order chi connectivity index (χ1) is 9.27. The van der Waals surface area contributed by atoms with Gasteiger partial charge in [0.25, 0.3) is 0 Å². The zero-order chi connectivity index (χ0) is 15.0. The lowest BCUT2D eigenvalue weighted by Crippen LogP contribution is -2.55. The predicted octanol–water partition coefficient (Wildman–Crippen LogP) is 2.28. The highest BCUT2D eigenvalue weighted by Gasteiger charge is 2.54. The maximum atomic E-state index is 11.9. The van der Waals surface area contributed by atoms with Crippen LogP contribution >= 0.6 is 15.9 Å². The largest absolute Gasteiger partial charge is 0.479 e. The third-order valence-electron chi connectivity index (χ3n) is 3.72. The molecule has 1 fully saturated rings. The first kappa shape index (κ1) is 15.3. The highest BCUT2D eigenvalue weighted by Crippen LogP contribution is 2.39. The van der Waals surface area contributed by atoms with Crippen LogP contribution in [0.4, 0.5) is 5.69 Å². The van der Waals surface area contributed by atoms with Crippen LogP contribution in [0.5, 0.6) is 0 Å². The highest BCUT2D eigenvalue weighted by molar-refractivity contribution is 9.10. The number of hydrogen-bond acceptors (Lipinski definition) is 4. The quantitative estimate of drug-likeness (QED) is 0.859. The normalized spacial score (nSPS) is 26.4. The Kier molecular flexibility index (Phi) is 4.11. The van der Waals surface area contributed by atoms with Gasteiger partial charge in [-0.3, -0.25) is 0 Å². The van der Waals surface area contributed by atoms with E-state index < -0.39 is 26.6 Å². The van der Waals surface area contributed by atoms with E-state index in [2.05, 4.69) is 21.2 Å². The molecule has 1 aromatic carbocycles. The van der Waals surface area contributed by atoms with E-state index >= 15 is 0 Å². The van der Waals surface area contributed by atoms with Crippen molar-refractivity contribution in [2.24, 2.45) is 0 Å². The van der Waals surface area contributed by atoms with Crippen molar-refractivity contribution in [3.63, 3.8) is 0 Å². The first-order valence-electron chi connectivity index (χ1n) is 6.22. The molecule has 0 radical (unpaired) electrons. The van der Waals surface area contributed by atoms with Gasteiger partial charge in [-0.25, -0.2) is 13.2 Å². The lowest BCUT2D eigenvalue weighted by molar-refractivity contribution is -0.141. The van der Waals surface area contributed by atoms with Gasteiger partial charge in [-0.15, -0.1) is 0 Å². The summed E-state index contributed by atoms with van der Waals surface area (Å²) in [5, 5.41) is 11.6. The van der Waals surface area contributed by atoms with Crippen LogP contribution in [0.1, 0.15) is 19.3 Å². The number of carboxylic acids is 1. The number of carbonyl (C=O) groups is 1. The van der Waals surface area contributed by atoms with Gasteiger partial charge >= 0.3 is 5.97 Å². The molecule has 2 unspecified atom stereocenters. The summed E-state index contributed by atoms with van der Waals surface area (Å²) < 4.78 is 24.5. The van der Waals surface area contributed by atoms with Gasteiger partial charge in [-0.1, -0.05) is 12.1 Å². The molecule has 0 heterocycles. The molecular weight excluding hydrogens is 346 g/mol. The summed E-state index contributed by atoms with van der Waals surface area (Å²) in [7, 11) is -3.45. The van der Waals surface area contributed by atoms with Crippen molar-refractivity contribution in [3.8, 4) is 0 Å². The fraction of sp³-hybridized carbons (Fsp3) is 0.462. The average Bonchev–Trinajstić information content (AvgIpc) is 2.77. The number of nitrogens with one attached hydrogen (secondary N) is 1. The summed E-state index contributed by atoms with van der Waals surface area (Å²) in [4.78, 5) is 11.8. The van der Waals surface area contributed by atoms with Crippen LogP contribution in [0, 0.1) is 0 Å². The summed E-state index contributed by atoms with van der Waals surface area (Å²) in [5.74, 6) is -1.12. The van der Waals surface area contributed by atoms with E-state index in [1.54, 1.807) is 18.2 Å². The molecule has 1 aliphatic carbocycles. The van der Waals surface area contributed by atoms with Gasteiger partial charge in [0.15, 0.2) is 15.4 Å². The van der Waals surface area contributed by atoms with Gasteiger partial charge in [0, 0.05) is 16.4 Å². The zero-order valence-electron chi connectivity index (χ0n) is 11.0. The number of anilines is 1. The molecule has 0 saturated heterocycles. The SMILES string of the molecule is CS(=O)(=O)C1CCCC1(Nc1ccccc1Br)C(=O)O. The number of benzene rings is 1. The number of hydrogen-bond donors (Lipinski definition) is 2. The molecule has 1 saturated carbocycles.